The lowest BCUT2D eigenvalue weighted by Crippen LogP contribution is -2.34. The van der Waals surface area contributed by atoms with Gasteiger partial charge in [0.05, 0.1) is 5.92 Å². The Kier molecular flexibility index (Phi) is 2.25. The maximum Gasteiger partial charge on any atom is 0.227 e. The molecule has 1 saturated heterocycles. The Balaban J connectivity index is 2.20. The smallest absolute Gasteiger partial charge is 0.227 e. The third-order valence-electron chi connectivity index (χ3n) is 2.39. The summed E-state index contributed by atoms with van der Waals surface area (Å²) in [6.07, 6.45) is 5.49. The molecule has 1 amide bonds. The van der Waals surface area contributed by atoms with Gasteiger partial charge in [-0.15, -0.1) is 0 Å². The van der Waals surface area contributed by atoms with Crippen molar-refractivity contribution in [1.82, 2.24) is 10.3 Å². The first-order valence-corrected chi connectivity index (χ1v) is 4.55. The summed E-state index contributed by atoms with van der Waals surface area (Å²) in [5, 5.41) is 2.87. The Labute approximate surface area is 77.2 Å². The van der Waals surface area contributed by atoms with Gasteiger partial charge >= 0.3 is 0 Å². The summed E-state index contributed by atoms with van der Waals surface area (Å²) in [5.74, 6) is 0.189. The van der Waals surface area contributed by atoms with E-state index in [1.807, 2.05) is 12.1 Å². The van der Waals surface area contributed by atoms with Crippen LogP contribution in [0.15, 0.2) is 24.5 Å². The fourth-order valence-electron chi connectivity index (χ4n) is 1.69. The van der Waals surface area contributed by atoms with Gasteiger partial charge in [-0.2, -0.15) is 0 Å². The number of aromatic nitrogens is 1. The number of amides is 1. The minimum absolute atomic E-state index is 0.0387. The van der Waals surface area contributed by atoms with Crippen molar-refractivity contribution in [2.75, 3.05) is 6.54 Å². The Bertz CT molecular complexity index is 297. The number of hydrogen-bond acceptors (Lipinski definition) is 2. The van der Waals surface area contributed by atoms with Gasteiger partial charge in [0.15, 0.2) is 0 Å². The van der Waals surface area contributed by atoms with Crippen LogP contribution in [-0.4, -0.2) is 17.4 Å². The quantitative estimate of drug-likeness (QED) is 0.695. The molecule has 0 saturated carbocycles. The second-order valence-electron chi connectivity index (χ2n) is 3.27. The van der Waals surface area contributed by atoms with Gasteiger partial charge in [0.25, 0.3) is 0 Å². The first-order chi connectivity index (χ1) is 6.38. The predicted molar refractivity (Wildman–Crippen MR) is 49.2 cm³/mol. The van der Waals surface area contributed by atoms with E-state index in [0.29, 0.717) is 0 Å². The molecule has 68 valence electrons. The van der Waals surface area contributed by atoms with Crippen molar-refractivity contribution < 1.29 is 4.79 Å². The van der Waals surface area contributed by atoms with E-state index in [2.05, 4.69) is 10.3 Å². The highest BCUT2D eigenvalue weighted by Gasteiger charge is 2.22. The topological polar surface area (TPSA) is 42.0 Å². The number of carbonyl (C=O) groups excluding carboxylic acids is 1. The molecule has 0 radical (unpaired) electrons. The van der Waals surface area contributed by atoms with E-state index in [-0.39, 0.29) is 11.8 Å². The molecule has 1 N–H and O–H groups in total. The fourth-order valence-corrected chi connectivity index (χ4v) is 1.69. The van der Waals surface area contributed by atoms with Crippen LogP contribution in [0.3, 0.4) is 0 Å². The Hall–Kier alpha value is -1.38. The molecule has 3 nitrogen and oxygen atoms in total. The summed E-state index contributed by atoms with van der Waals surface area (Å²) >= 11 is 0. The van der Waals surface area contributed by atoms with Gasteiger partial charge < -0.3 is 5.32 Å². The monoisotopic (exact) mass is 176 g/mol. The number of hydrogen-bond donors (Lipinski definition) is 1. The zero-order chi connectivity index (χ0) is 9.10. The van der Waals surface area contributed by atoms with Crippen molar-refractivity contribution in [2.24, 2.45) is 0 Å². The Morgan fingerprint density at radius 3 is 2.85 bits per heavy atom. The van der Waals surface area contributed by atoms with Crippen molar-refractivity contribution in [2.45, 2.75) is 18.8 Å². The number of rotatable bonds is 1. The zero-order valence-electron chi connectivity index (χ0n) is 7.36. The van der Waals surface area contributed by atoms with Crippen LogP contribution in [-0.2, 0) is 4.79 Å². The molecule has 3 heteroatoms. The molecule has 1 aliphatic rings. The van der Waals surface area contributed by atoms with Gasteiger partial charge in [0.2, 0.25) is 5.91 Å². The summed E-state index contributed by atoms with van der Waals surface area (Å²) in [7, 11) is 0. The SMILES string of the molecule is O=C1NCCCC1c1ccncc1. The van der Waals surface area contributed by atoms with Gasteiger partial charge in [-0.05, 0) is 30.5 Å². The highest BCUT2D eigenvalue weighted by Crippen LogP contribution is 2.22. The maximum absolute atomic E-state index is 11.5. The third-order valence-corrected chi connectivity index (χ3v) is 2.39. The van der Waals surface area contributed by atoms with Crippen LogP contribution in [0.25, 0.3) is 0 Å². The molecule has 0 bridgehead atoms. The molecule has 0 aromatic carbocycles. The molecule has 1 fully saturated rings. The van der Waals surface area contributed by atoms with E-state index in [1.165, 1.54) is 0 Å². The van der Waals surface area contributed by atoms with Crippen LogP contribution < -0.4 is 5.32 Å². The minimum atomic E-state index is 0.0387. The van der Waals surface area contributed by atoms with E-state index in [4.69, 9.17) is 0 Å². The number of piperidine rings is 1. The first-order valence-electron chi connectivity index (χ1n) is 4.55. The maximum atomic E-state index is 11.5. The number of nitrogens with one attached hydrogen (secondary N) is 1. The lowest BCUT2D eigenvalue weighted by molar-refractivity contribution is -0.123. The molecule has 1 aliphatic heterocycles. The summed E-state index contributed by atoms with van der Waals surface area (Å²) in [6, 6.07) is 3.82. The molecule has 13 heavy (non-hydrogen) atoms. The molecule has 2 heterocycles. The van der Waals surface area contributed by atoms with Gasteiger partial charge in [-0.25, -0.2) is 0 Å². The van der Waals surface area contributed by atoms with Crippen molar-refractivity contribution in [1.29, 1.82) is 0 Å². The van der Waals surface area contributed by atoms with Crippen molar-refractivity contribution in [3.63, 3.8) is 0 Å². The molecule has 2 rings (SSSR count). The second kappa shape index (κ2) is 3.56. The summed E-state index contributed by atoms with van der Waals surface area (Å²) < 4.78 is 0. The predicted octanol–water partition coefficient (Wildman–Crippen LogP) is 1.08. The Morgan fingerprint density at radius 2 is 2.15 bits per heavy atom. The lowest BCUT2D eigenvalue weighted by atomic mass is 9.92. The van der Waals surface area contributed by atoms with Crippen molar-refractivity contribution in [3.8, 4) is 0 Å². The lowest BCUT2D eigenvalue weighted by Gasteiger charge is -2.21. The zero-order valence-corrected chi connectivity index (χ0v) is 7.36. The van der Waals surface area contributed by atoms with Gasteiger partial charge in [-0.3, -0.25) is 9.78 Å². The van der Waals surface area contributed by atoms with Crippen LogP contribution in [0.5, 0.6) is 0 Å². The van der Waals surface area contributed by atoms with Gasteiger partial charge in [-0.1, -0.05) is 0 Å². The van der Waals surface area contributed by atoms with E-state index < -0.39 is 0 Å². The largest absolute Gasteiger partial charge is 0.356 e. The van der Waals surface area contributed by atoms with E-state index in [1.54, 1.807) is 12.4 Å². The third kappa shape index (κ3) is 1.69. The summed E-state index contributed by atoms with van der Waals surface area (Å²) in [4.78, 5) is 15.4. The Morgan fingerprint density at radius 1 is 1.38 bits per heavy atom. The van der Waals surface area contributed by atoms with E-state index >= 15 is 0 Å². The highest BCUT2D eigenvalue weighted by atomic mass is 16.1. The number of pyridine rings is 1. The van der Waals surface area contributed by atoms with E-state index in [9.17, 15) is 4.79 Å². The molecule has 1 aromatic rings. The minimum Gasteiger partial charge on any atom is -0.356 e. The van der Waals surface area contributed by atoms with Crippen LogP contribution in [0.4, 0.5) is 0 Å². The highest BCUT2D eigenvalue weighted by molar-refractivity contribution is 5.84. The average molecular weight is 176 g/mol. The van der Waals surface area contributed by atoms with Crippen LogP contribution >= 0.6 is 0 Å². The molecule has 1 atom stereocenters. The normalized spacial score (nSPS) is 22.5. The molecular weight excluding hydrogens is 164 g/mol. The second-order valence-corrected chi connectivity index (χ2v) is 3.27. The fraction of sp³-hybridized carbons (Fsp3) is 0.400. The number of carbonyl (C=O) groups is 1. The van der Waals surface area contributed by atoms with Gasteiger partial charge in [0, 0.05) is 18.9 Å². The van der Waals surface area contributed by atoms with E-state index in [0.717, 1.165) is 24.9 Å². The average Bonchev–Trinajstić information content (AvgIpc) is 2.20. The molecule has 1 unspecified atom stereocenters. The van der Waals surface area contributed by atoms with Crippen LogP contribution in [0.2, 0.25) is 0 Å². The molecule has 0 spiro atoms. The van der Waals surface area contributed by atoms with Crippen LogP contribution in [0, 0.1) is 0 Å². The summed E-state index contributed by atoms with van der Waals surface area (Å²) in [6.45, 7) is 0.820. The summed E-state index contributed by atoms with van der Waals surface area (Å²) in [5.41, 5.74) is 1.08. The van der Waals surface area contributed by atoms with Crippen molar-refractivity contribution >= 4 is 5.91 Å². The van der Waals surface area contributed by atoms with Gasteiger partial charge in [0.1, 0.15) is 0 Å². The molecule has 1 aromatic heterocycles. The molecular formula is C10H12N2O. The standard InChI is InChI=1S/C10H12N2O/c13-10-9(2-1-5-12-10)8-3-6-11-7-4-8/h3-4,6-7,9H,1-2,5H2,(H,12,13). The number of nitrogens with zero attached hydrogens (tertiary/aromatic N) is 1. The van der Waals surface area contributed by atoms with Crippen molar-refractivity contribution in [3.05, 3.63) is 30.1 Å². The first kappa shape index (κ1) is 8.23. The molecule has 0 aliphatic carbocycles. The van der Waals surface area contributed by atoms with Crippen LogP contribution in [0.1, 0.15) is 24.3 Å².